The second-order valence-electron chi connectivity index (χ2n) is 9.27. The number of aliphatic hydroxyl groups is 1. The first kappa shape index (κ1) is 25.2. The summed E-state index contributed by atoms with van der Waals surface area (Å²) in [4.78, 5) is 12.7. The zero-order valence-corrected chi connectivity index (χ0v) is 20.0. The van der Waals surface area contributed by atoms with Crippen molar-refractivity contribution >= 4 is 16.8 Å². The monoisotopic (exact) mass is 497 g/mol. The van der Waals surface area contributed by atoms with Gasteiger partial charge < -0.3 is 15.2 Å². The van der Waals surface area contributed by atoms with Crippen LogP contribution in [0, 0.1) is 22.9 Å². The highest BCUT2D eigenvalue weighted by Crippen LogP contribution is 2.30. The Hall–Kier alpha value is -3.85. The van der Waals surface area contributed by atoms with E-state index in [4.69, 9.17) is 4.74 Å². The highest BCUT2D eigenvalue weighted by atomic mass is 19.2. The average molecular weight is 498 g/mol. The molecule has 1 amide bonds. The third-order valence-electron chi connectivity index (χ3n) is 5.97. The first-order valence-corrected chi connectivity index (χ1v) is 11.4. The maximum Gasteiger partial charge on any atom is 0.228 e. The number of hydrogen-bond donors (Lipinski definition) is 2. The van der Waals surface area contributed by atoms with Gasteiger partial charge >= 0.3 is 0 Å². The number of carbonyl (C=O) groups is 1. The Morgan fingerprint density at radius 1 is 1.06 bits per heavy atom. The van der Waals surface area contributed by atoms with Crippen molar-refractivity contribution in [2.24, 2.45) is 5.41 Å². The fraction of sp³-hybridized carbons (Fsp3) is 0.259. The minimum Gasteiger partial charge on any atom is -0.484 e. The molecule has 0 saturated carbocycles. The quantitative estimate of drug-likeness (QED) is 0.356. The van der Waals surface area contributed by atoms with Crippen LogP contribution in [0.2, 0.25) is 0 Å². The van der Waals surface area contributed by atoms with Gasteiger partial charge in [-0.15, -0.1) is 0 Å². The molecule has 0 aliphatic heterocycles. The molecular formula is C27H26F3N3O3. The molecule has 1 heterocycles. The average Bonchev–Trinajstić information content (AvgIpc) is 3.28. The van der Waals surface area contributed by atoms with E-state index >= 15 is 0 Å². The molecule has 0 unspecified atom stereocenters. The van der Waals surface area contributed by atoms with Gasteiger partial charge in [-0.05, 0) is 80.9 Å². The number of amides is 1. The van der Waals surface area contributed by atoms with Crippen LogP contribution in [0.5, 0.6) is 5.75 Å². The summed E-state index contributed by atoms with van der Waals surface area (Å²) in [7, 11) is 0. The van der Waals surface area contributed by atoms with Gasteiger partial charge in [0.1, 0.15) is 17.7 Å². The summed E-state index contributed by atoms with van der Waals surface area (Å²) in [6.45, 7) is 4.50. The normalized spacial score (nSPS) is 13.4. The number of nitrogens with one attached hydrogen (secondary N) is 1. The van der Waals surface area contributed by atoms with Crippen molar-refractivity contribution in [2.45, 2.75) is 32.9 Å². The van der Waals surface area contributed by atoms with E-state index in [2.05, 4.69) is 10.4 Å². The number of benzene rings is 3. The van der Waals surface area contributed by atoms with Crippen LogP contribution in [0.25, 0.3) is 16.6 Å². The van der Waals surface area contributed by atoms with Crippen LogP contribution in [0.4, 0.5) is 13.2 Å². The summed E-state index contributed by atoms with van der Waals surface area (Å²) in [6, 6.07) is 13.9. The molecule has 0 aliphatic rings. The summed E-state index contributed by atoms with van der Waals surface area (Å²) < 4.78 is 48.8. The fourth-order valence-electron chi connectivity index (χ4n) is 3.72. The third-order valence-corrected chi connectivity index (χ3v) is 5.97. The summed E-state index contributed by atoms with van der Waals surface area (Å²) in [5.41, 5.74) is 0.721. The van der Waals surface area contributed by atoms with E-state index in [1.54, 1.807) is 62.0 Å². The maximum absolute atomic E-state index is 14.1. The van der Waals surface area contributed by atoms with Gasteiger partial charge in [0.25, 0.3) is 0 Å². The third kappa shape index (κ3) is 5.21. The van der Waals surface area contributed by atoms with Crippen LogP contribution < -0.4 is 10.1 Å². The highest BCUT2D eigenvalue weighted by molar-refractivity contribution is 5.82. The Kier molecular flexibility index (Phi) is 7.03. The maximum atomic E-state index is 14.1. The van der Waals surface area contributed by atoms with Crippen LogP contribution >= 0.6 is 0 Å². The number of aliphatic hydroxyl groups excluding tert-OH is 1. The Balaban J connectivity index is 1.65. The largest absolute Gasteiger partial charge is 0.484 e. The van der Waals surface area contributed by atoms with E-state index in [0.29, 0.717) is 17.0 Å². The van der Waals surface area contributed by atoms with E-state index in [-0.39, 0.29) is 12.4 Å². The second-order valence-corrected chi connectivity index (χ2v) is 9.27. The molecule has 9 heteroatoms. The number of aromatic nitrogens is 2. The van der Waals surface area contributed by atoms with Crippen molar-refractivity contribution in [3.63, 3.8) is 0 Å². The molecule has 0 aliphatic carbocycles. The molecule has 2 N–H and O–H groups in total. The van der Waals surface area contributed by atoms with Crippen molar-refractivity contribution in [1.29, 1.82) is 0 Å². The van der Waals surface area contributed by atoms with E-state index < -0.39 is 35.1 Å². The summed E-state index contributed by atoms with van der Waals surface area (Å²) in [5.74, 6) is -2.38. The Bertz CT molecular complexity index is 1390. The number of ether oxygens (including phenoxy) is 1. The number of hydrogen-bond acceptors (Lipinski definition) is 4. The molecule has 3 aromatic carbocycles. The van der Waals surface area contributed by atoms with E-state index in [0.717, 1.165) is 23.0 Å². The topological polar surface area (TPSA) is 76.4 Å². The molecule has 4 rings (SSSR count). The van der Waals surface area contributed by atoms with Crippen molar-refractivity contribution in [3.05, 3.63) is 89.9 Å². The Morgan fingerprint density at radius 2 is 1.78 bits per heavy atom. The fourth-order valence-corrected chi connectivity index (χ4v) is 3.72. The lowest BCUT2D eigenvalue weighted by Gasteiger charge is -2.30. The molecule has 0 bridgehead atoms. The van der Waals surface area contributed by atoms with Crippen LogP contribution in [0.3, 0.4) is 0 Å². The second kappa shape index (κ2) is 10.0. The lowest BCUT2D eigenvalue weighted by Crippen LogP contribution is -2.46. The number of fused-ring (bicyclic) bond motifs is 1. The lowest BCUT2D eigenvalue weighted by atomic mass is 9.92. The van der Waals surface area contributed by atoms with Crippen molar-refractivity contribution in [1.82, 2.24) is 15.1 Å². The molecule has 0 spiro atoms. The number of halogens is 3. The molecule has 6 nitrogen and oxygen atoms in total. The zero-order valence-electron chi connectivity index (χ0n) is 20.0. The smallest absolute Gasteiger partial charge is 0.228 e. The van der Waals surface area contributed by atoms with Crippen LogP contribution in [-0.2, 0) is 4.79 Å². The van der Waals surface area contributed by atoms with Crippen LogP contribution in [0.15, 0.2) is 66.9 Å². The summed E-state index contributed by atoms with van der Waals surface area (Å²) >= 11 is 0. The standard InChI is InChI=1S/C27H26F3N3O3/c1-16(32-26(35)27(2,3)15-34)25(17-4-10-22(29)23(30)13-17)36-21-9-11-24-18(12-21)14-31-33(24)20-7-5-19(28)6-8-20/h4-14,16,25,34H,15H2,1-3H3,(H,32,35)/t16-,25-/m0/s1. The van der Waals surface area contributed by atoms with Crippen molar-refractivity contribution in [2.75, 3.05) is 6.61 Å². The van der Waals surface area contributed by atoms with Gasteiger partial charge in [0.05, 0.1) is 35.5 Å². The van der Waals surface area contributed by atoms with Gasteiger partial charge in [-0.3, -0.25) is 4.79 Å². The summed E-state index contributed by atoms with van der Waals surface area (Å²) in [5, 5.41) is 17.4. The van der Waals surface area contributed by atoms with Crippen LogP contribution in [-0.4, -0.2) is 33.4 Å². The number of rotatable bonds is 8. The van der Waals surface area contributed by atoms with Gasteiger partial charge in [0, 0.05) is 5.39 Å². The lowest BCUT2D eigenvalue weighted by molar-refractivity contribution is -0.132. The van der Waals surface area contributed by atoms with E-state index in [9.17, 15) is 23.1 Å². The molecule has 0 saturated heterocycles. The predicted molar refractivity (Wildman–Crippen MR) is 129 cm³/mol. The van der Waals surface area contributed by atoms with E-state index in [1.165, 1.54) is 18.2 Å². The number of nitrogens with zero attached hydrogens (tertiary/aromatic N) is 2. The zero-order chi connectivity index (χ0) is 26.0. The SMILES string of the molecule is C[C@H](NC(=O)C(C)(C)CO)[C@H](Oc1ccc2c(cnn2-c2ccc(F)cc2)c1)c1ccc(F)c(F)c1. The molecule has 188 valence electrons. The van der Waals surface area contributed by atoms with Crippen molar-refractivity contribution in [3.8, 4) is 11.4 Å². The van der Waals surface area contributed by atoms with Crippen molar-refractivity contribution < 1.29 is 27.8 Å². The van der Waals surface area contributed by atoms with Gasteiger partial charge in [-0.2, -0.15) is 5.10 Å². The number of carbonyl (C=O) groups excluding carboxylic acids is 1. The molecular weight excluding hydrogens is 471 g/mol. The molecule has 4 aromatic rings. The molecule has 0 radical (unpaired) electrons. The van der Waals surface area contributed by atoms with Gasteiger partial charge in [-0.25, -0.2) is 17.9 Å². The predicted octanol–water partition coefficient (Wildman–Crippen LogP) is 5.09. The molecule has 2 atom stereocenters. The highest BCUT2D eigenvalue weighted by Gasteiger charge is 2.31. The van der Waals surface area contributed by atoms with Crippen LogP contribution in [0.1, 0.15) is 32.4 Å². The van der Waals surface area contributed by atoms with Gasteiger partial charge in [0.2, 0.25) is 5.91 Å². The Labute approximate surface area is 206 Å². The Morgan fingerprint density at radius 3 is 2.44 bits per heavy atom. The molecule has 0 fully saturated rings. The van der Waals surface area contributed by atoms with E-state index in [1.807, 2.05) is 0 Å². The minimum absolute atomic E-state index is 0.325. The first-order chi connectivity index (χ1) is 17.1. The molecule has 1 aromatic heterocycles. The summed E-state index contributed by atoms with van der Waals surface area (Å²) in [6.07, 6.45) is 0.760. The molecule has 36 heavy (non-hydrogen) atoms. The van der Waals surface area contributed by atoms with Gasteiger partial charge in [-0.1, -0.05) is 6.07 Å². The minimum atomic E-state index is -1.04. The van der Waals surface area contributed by atoms with Gasteiger partial charge in [0.15, 0.2) is 11.6 Å². The first-order valence-electron chi connectivity index (χ1n) is 11.4.